The zero-order chi connectivity index (χ0) is 15.4. The van der Waals surface area contributed by atoms with Crippen molar-refractivity contribution in [1.29, 1.82) is 0 Å². The summed E-state index contributed by atoms with van der Waals surface area (Å²) in [7, 11) is 0. The highest BCUT2D eigenvalue weighted by molar-refractivity contribution is 5.70. The average molecular weight is 294 g/mol. The molecule has 8 nitrogen and oxygen atoms in total. The molecule has 0 saturated heterocycles. The van der Waals surface area contributed by atoms with Gasteiger partial charge in [0.25, 0.3) is 5.56 Å². The molecule has 0 amide bonds. The van der Waals surface area contributed by atoms with Crippen LogP contribution in [-0.4, -0.2) is 31.7 Å². The van der Waals surface area contributed by atoms with E-state index in [1.165, 1.54) is 10.9 Å². The molecular formula is C13H18N4O4. The zero-order valence-corrected chi connectivity index (χ0v) is 12.1. The minimum absolute atomic E-state index is 0.00479. The lowest BCUT2D eigenvalue weighted by Gasteiger charge is -2.10. The Hall–Kier alpha value is -2.38. The first kappa shape index (κ1) is 15.0. The second-order valence-corrected chi connectivity index (χ2v) is 4.55. The molecule has 0 aliphatic carbocycles. The van der Waals surface area contributed by atoms with Crippen molar-refractivity contribution in [2.45, 2.75) is 39.8 Å². The maximum Gasteiger partial charge on any atom is 0.332 e. The van der Waals surface area contributed by atoms with Crippen molar-refractivity contribution in [3.05, 3.63) is 27.2 Å². The summed E-state index contributed by atoms with van der Waals surface area (Å²) in [6.07, 6.45) is 2.10. The lowest BCUT2D eigenvalue weighted by atomic mass is 10.4. The van der Waals surface area contributed by atoms with E-state index in [-0.39, 0.29) is 25.1 Å². The van der Waals surface area contributed by atoms with Crippen LogP contribution in [0.1, 0.15) is 26.7 Å². The van der Waals surface area contributed by atoms with Gasteiger partial charge < -0.3 is 9.72 Å². The highest BCUT2D eigenvalue weighted by atomic mass is 16.5. The van der Waals surface area contributed by atoms with Crippen LogP contribution in [0.5, 0.6) is 0 Å². The fourth-order valence-corrected chi connectivity index (χ4v) is 2.17. The molecule has 0 aliphatic rings. The monoisotopic (exact) mass is 294 g/mol. The summed E-state index contributed by atoms with van der Waals surface area (Å²) in [6.45, 7) is 4.36. The van der Waals surface area contributed by atoms with Crippen LogP contribution in [0.25, 0.3) is 11.2 Å². The van der Waals surface area contributed by atoms with Gasteiger partial charge >= 0.3 is 11.7 Å². The van der Waals surface area contributed by atoms with E-state index in [1.807, 2.05) is 6.92 Å². The first-order valence-electron chi connectivity index (χ1n) is 6.92. The van der Waals surface area contributed by atoms with Gasteiger partial charge in [-0.2, -0.15) is 0 Å². The number of hydrogen-bond acceptors (Lipinski definition) is 5. The third-order valence-corrected chi connectivity index (χ3v) is 3.09. The van der Waals surface area contributed by atoms with E-state index in [4.69, 9.17) is 4.74 Å². The number of aromatic nitrogens is 4. The van der Waals surface area contributed by atoms with Gasteiger partial charge in [-0.1, -0.05) is 6.92 Å². The van der Waals surface area contributed by atoms with Crippen molar-refractivity contribution in [2.75, 3.05) is 6.61 Å². The minimum Gasteiger partial charge on any atom is -0.466 e. The Labute approximate surface area is 120 Å². The second-order valence-electron chi connectivity index (χ2n) is 4.55. The van der Waals surface area contributed by atoms with E-state index >= 15 is 0 Å². The quantitative estimate of drug-likeness (QED) is 0.770. The fourth-order valence-electron chi connectivity index (χ4n) is 2.17. The SMILES string of the molecule is CCCn1c(=O)n(CCC(=O)OCC)c(=O)c2[nH]cnc21. The van der Waals surface area contributed by atoms with E-state index in [1.54, 1.807) is 6.92 Å². The van der Waals surface area contributed by atoms with Crippen molar-refractivity contribution >= 4 is 17.1 Å². The molecule has 1 N–H and O–H groups in total. The Bertz CT molecular complexity index is 756. The Kier molecular flexibility index (Phi) is 4.56. The lowest BCUT2D eigenvalue weighted by Crippen LogP contribution is -2.40. The Balaban J connectivity index is 2.45. The van der Waals surface area contributed by atoms with Crippen LogP contribution in [0.15, 0.2) is 15.9 Å². The van der Waals surface area contributed by atoms with E-state index in [0.29, 0.717) is 12.2 Å². The molecular weight excluding hydrogens is 276 g/mol. The number of nitrogens with zero attached hydrogens (tertiary/aromatic N) is 3. The van der Waals surface area contributed by atoms with Crippen molar-refractivity contribution in [2.24, 2.45) is 0 Å². The number of esters is 1. The highest BCUT2D eigenvalue weighted by Crippen LogP contribution is 2.02. The van der Waals surface area contributed by atoms with E-state index < -0.39 is 17.2 Å². The molecule has 114 valence electrons. The van der Waals surface area contributed by atoms with Gasteiger partial charge in [0, 0.05) is 13.1 Å². The van der Waals surface area contributed by atoms with Gasteiger partial charge in [0.2, 0.25) is 0 Å². The number of nitrogens with one attached hydrogen (secondary N) is 1. The number of aryl methyl sites for hydroxylation is 1. The van der Waals surface area contributed by atoms with Crippen molar-refractivity contribution in [3.8, 4) is 0 Å². The molecule has 0 unspecified atom stereocenters. The predicted molar refractivity (Wildman–Crippen MR) is 76.2 cm³/mol. The second kappa shape index (κ2) is 6.38. The number of aromatic amines is 1. The Morgan fingerprint density at radius 1 is 1.29 bits per heavy atom. The zero-order valence-electron chi connectivity index (χ0n) is 12.1. The standard InChI is InChI=1S/C13H18N4O4/c1-3-6-16-11-10(14-8-15-11)12(19)17(13(16)20)7-5-9(18)21-4-2/h8H,3-7H2,1-2H3,(H,14,15). The molecule has 2 aromatic rings. The number of imidazole rings is 1. The summed E-state index contributed by atoms with van der Waals surface area (Å²) in [4.78, 5) is 42.8. The maximum atomic E-state index is 12.4. The largest absolute Gasteiger partial charge is 0.466 e. The molecule has 0 aliphatic heterocycles. The van der Waals surface area contributed by atoms with Gasteiger partial charge in [-0.15, -0.1) is 0 Å². The smallest absolute Gasteiger partial charge is 0.332 e. The van der Waals surface area contributed by atoms with Gasteiger partial charge in [0.05, 0.1) is 19.4 Å². The molecule has 0 spiro atoms. The fraction of sp³-hybridized carbons (Fsp3) is 0.538. The van der Waals surface area contributed by atoms with Crippen LogP contribution in [-0.2, 0) is 22.6 Å². The molecule has 2 rings (SSSR count). The molecule has 0 aromatic carbocycles. The summed E-state index contributed by atoms with van der Waals surface area (Å²) in [5, 5.41) is 0. The molecule has 0 fully saturated rings. The summed E-state index contributed by atoms with van der Waals surface area (Å²) in [6, 6.07) is 0. The van der Waals surface area contributed by atoms with Crippen LogP contribution in [0, 0.1) is 0 Å². The van der Waals surface area contributed by atoms with Gasteiger partial charge in [-0.25, -0.2) is 9.78 Å². The third kappa shape index (κ3) is 2.88. The molecule has 21 heavy (non-hydrogen) atoms. The van der Waals surface area contributed by atoms with Crippen LogP contribution in [0.2, 0.25) is 0 Å². The number of carbonyl (C=O) groups excluding carboxylic acids is 1. The summed E-state index contributed by atoms with van der Waals surface area (Å²) in [5.41, 5.74) is -0.305. The molecule has 0 radical (unpaired) electrons. The van der Waals surface area contributed by atoms with Crippen LogP contribution in [0.4, 0.5) is 0 Å². The predicted octanol–water partition coefficient (Wildman–Crippen LogP) is 0.249. The topological polar surface area (TPSA) is 99.0 Å². The number of ether oxygens (including phenoxy) is 1. The molecule has 0 atom stereocenters. The number of fused-ring (bicyclic) bond motifs is 1. The number of rotatable bonds is 6. The molecule has 8 heteroatoms. The molecule has 2 aromatic heterocycles. The van der Waals surface area contributed by atoms with Gasteiger partial charge in [0.1, 0.15) is 5.52 Å². The van der Waals surface area contributed by atoms with Crippen molar-refractivity contribution in [1.82, 2.24) is 19.1 Å². The maximum absolute atomic E-state index is 12.4. The lowest BCUT2D eigenvalue weighted by molar-refractivity contribution is -0.143. The average Bonchev–Trinajstić information content (AvgIpc) is 2.93. The van der Waals surface area contributed by atoms with E-state index in [2.05, 4.69) is 9.97 Å². The summed E-state index contributed by atoms with van der Waals surface area (Å²) in [5.74, 6) is -0.435. The molecule has 0 saturated carbocycles. The number of H-pyrrole nitrogens is 1. The van der Waals surface area contributed by atoms with Crippen LogP contribution < -0.4 is 11.2 Å². The third-order valence-electron chi connectivity index (χ3n) is 3.09. The van der Waals surface area contributed by atoms with Gasteiger partial charge in [0.15, 0.2) is 5.65 Å². The van der Waals surface area contributed by atoms with Gasteiger partial charge in [-0.3, -0.25) is 18.7 Å². The Morgan fingerprint density at radius 3 is 2.71 bits per heavy atom. The van der Waals surface area contributed by atoms with E-state index in [0.717, 1.165) is 11.0 Å². The minimum atomic E-state index is -0.468. The number of carbonyl (C=O) groups is 1. The summed E-state index contributed by atoms with van der Waals surface area (Å²) >= 11 is 0. The Morgan fingerprint density at radius 2 is 2.05 bits per heavy atom. The van der Waals surface area contributed by atoms with Crippen LogP contribution >= 0.6 is 0 Å². The van der Waals surface area contributed by atoms with Crippen LogP contribution in [0.3, 0.4) is 0 Å². The molecule has 0 bridgehead atoms. The summed E-state index contributed by atoms with van der Waals surface area (Å²) < 4.78 is 7.30. The van der Waals surface area contributed by atoms with E-state index in [9.17, 15) is 14.4 Å². The first-order valence-corrected chi connectivity index (χ1v) is 6.92. The first-order chi connectivity index (χ1) is 10.1. The van der Waals surface area contributed by atoms with Gasteiger partial charge in [-0.05, 0) is 13.3 Å². The van der Waals surface area contributed by atoms with Crippen molar-refractivity contribution < 1.29 is 9.53 Å². The molecule has 2 heterocycles. The highest BCUT2D eigenvalue weighted by Gasteiger charge is 2.15. The van der Waals surface area contributed by atoms with Crippen molar-refractivity contribution in [3.63, 3.8) is 0 Å². The number of hydrogen-bond donors (Lipinski definition) is 1. The normalized spacial score (nSPS) is 11.0.